The van der Waals surface area contributed by atoms with Crippen LogP contribution in [0.5, 0.6) is 0 Å². The van der Waals surface area contributed by atoms with Crippen molar-refractivity contribution in [1.82, 2.24) is 5.32 Å². The van der Waals surface area contributed by atoms with Gasteiger partial charge in [-0.15, -0.1) is 11.3 Å². The standard InChI is InChI=1S/C11H15NO2S/c1-8-4-6-15-10(8)7-12-5-3-9(2)11(13)14/h3-4,6,12H,5,7H2,1-2H3,(H,13,14)/b9-3-. The Bertz CT molecular complexity index is 368. The molecule has 82 valence electrons. The zero-order valence-electron chi connectivity index (χ0n) is 8.91. The maximum atomic E-state index is 10.5. The molecule has 15 heavy (non-hydrogen) atoms. The summed E-state index contributed by atoms with van der Waals surface area (Å²) < 4.78 is 0. The molecule has 4 heteroatoms. The third-order valence-corrected chi connectivity index (χ3v) is 3.17. The molecule has 1 aromatic rings. The van der Waals surface area contributed by atoms with Crippen LogP contribution in [0.15, 0.2) is 23.1 Å². The van der Waals surface area contributed by atoms with Gasteiger partial charge >= 0.3 is 5.97 Å². The van der Waals surface area contributed by atoms with Gasteiger partial charge in [0.1, 0.15) is 0 Å². The quantitative estimate of drug-likeness (QED) is 0.596. The van der Waals surface area contributed by atoms with E-state index in [1.807, 2.05) is 0 Å². The third kappa shape index (κ3) is 3.85. The normalized spacial score (nSPS) is 11.7. The summed E-state index contributed by atoms with van der Waals surface area (Å²) in [4.78, 5) is 11.8. The molecule has 1 heterocycles. The van der Waals surface area contributed by atoms with E-state index in [0.29, 0.717) is 12.1 Å². The molecule has 0 spiro atoms. The lowest BCUT2D eigenvalue weighted by Crippen LogP contribution is -2.13. The van der Waals surface area contributed by atoms with Gasteiger partial charge in [-0.3, -0.25) is 0 Å². The van der Waals surface area contributed by atoms with Gasteiger partial charge in [0.05, 0.1) is 0 Å². The van der Waals surface area contributed by atoms with Crippen molar-refractivity contribution in [2.75, 3.05) is 6.54 Å². The number of hydrogen-bond acceptors (Lipinski definition) is 3. The molecule has 0 aliphatic rings. The highest BCUT2D eigenvalue weighted by molar-refractivity contribution is 7.10. The van der Waals surface area contributed by atoms with Crippen molar-refractivity contribution in [2.24, 2.45) is 0 Å². The van der Waals surface area contributed by atoms with Crippen LogP contribution < -0.4 is 5.32 Å². The number of aliphatic carboxylic acids is 1. The fourth-order valence-electron chi connectivity index (χ4n) is 1.08. The lowest BCUT2D eigenvalue weighted by atomic mass is 10.3. The highest BCUT2D eigenvalue weighted by atomic mass is 32.1. The van der Waals surface area contributed by atoms with Crippen molar-refractivity contribution in [2.45, 2.75) is 20.4 Å². The summed E-state index contributed by atoms with van der Waals surface area (Å²) in [5.74, 6) is -0.857. The van der Waals surface area contributed by atoms with E-state index in [2.05, 4.69) is 23.7 Å². The second-order valence-corrected chi connectivity index (χ2v) is 4.35. The first-order chi connectivity index (χ1) is 7.11. The number of carboxylic acids is 1. The Labute approximate surface area is 93.4 Å². The molecule has 0 aliphatic carbocycles. The van der Waals surface area contributed by atoms with E-state index in [1.54, 1.807) is 24.3 Å². The van der Waals surface area contributed by atoms with Gasteiger partial charge in [-0.05, 0) is 30.9 Å². The maximum absolute atomic E-state index is 10.5. The minimum absolute atomic E-state index is 0.380. The van der Waals surface area contributed by atoms with E-state index in [-0.39, 0.29) is 0 Å². The average Bonchev–Trinajstić information content (AvgIpc) is 2.58. The molecule has 0 aromatic carbocycles. The molecule has 0 aliphatic heterocycles. The molecule has 0 saturated carbocycles. The lowest BCUT2D eigenvalue weighted by Gasteiger charge is -2.01. The van der Waals surface area contributed by atoms with E-state index in [9.17, 15) is 4.79 Å². The zero-order valence-corrected chi connectivity index (χ0v) is 9.73. The van der Waals surface area contributed by atoms with E-state index >= 15 is 0 Å². The molecule has 0 unspecified atom stereocenters. The number of aryl methyl sites for hydroxylation is 1. The van der Waals surface area contributed by atoms with Gasteiger partial charge < -0.3 is 10.4 Å². The number of carbonyl (C=O) groups is 1. The molecular weight excluding hydrogens is 210 g/mol. The third-order valence-electron chi connectivity index (χ3n) is 2.14. The molecule has 0 radical (unpaired) electrons. The van der Waals surface area contributed by atoms with Crippen LogP contribution in [0.25, 0.3) is 0 Å². The van der Waals surface area contributed by atoms with Crippen molar-refractivity contribution in [1.29, 1.82) is 0 Å². The monoisotopic (exact) mass is 225 g/mol. The van der Waals surface area contributed by atoms with Crippen LogP contribution in [0.3, 0.4) is 0 Å². The van der Waals surface area contributed by atoms with E-state index < -0.39 is 5.97 Å². The molecule has 1 rings (SSSR count). The van der Waals surface area contributed by atoms with E-state index in [0.717, 1.165) is 6.54 Å². The van der Waals surface area contributed by atoms with Gasteiger partial charge in [-0.25, -0.2) is 4.79 Å². The van der Waals surface area contributed by atoms with Crippen LogP contribution in [0.2, 0.25) is 0 Å². The molecule has 0 fully saturated rings. The Kier molecular flexibility index (Phi) is 4.52. The van der Waals surface area contributed by atoms with Crippen molar-refractivity contribution in [3.8, 4) is 0 Å². The Hall–Kier alpha value is -1.13. The summed E-state index contributed by atoms with van der Waals surface area (Å²) in [6.07, 6.45) is 1.69. The van der Waals surface area contributed by atoms with Gasteiger partial charge in [-0.2, -0.15) is 0 Å². The summed E-state index contributed by atoms with van der Waals surface area (Å²) in [6, 6.07) is 2.08. The molecule has 0 amide bonds. The summed E-state index contributed by atoms with van der Waals surface area (Å²) in [5.41, 5.74) is 1.66. The Morgan fingerprint density at radius 1 is 1.67 bits per heavy atom. The van der Waals surface area contributed by atoms with Crippen molar-refractivity contribution >= 4 is 17.3 Å². The van der Waals surface area contributed by atoms with Crippen LogP contribution in [0.4, 0.5) is 0 Å². The van der Waals surface area contributed by atoms with Crippen molar-refractivity contribution in [3.63, 3.8) is 0 Å². The topological polar surface area (TPSA) is 49.3 Å². The fourth-order valence-corrected chi connectivity index (χ4v) is 1.96. The first-order valence-corrected chi connectivity index (χ1v) is 5.63. The van der Waals surface area contributed by atoms with Gasteiger partial charge in [0.2, 0.25) is 0 Å². The zero-order chi connectivity index (χ0) is 11.3. The SMILES string of the molecule is C/C(=C/CNCc1sccc1C)C(=O)O. The molecule has 3 nitrogen and oxygen atoms in total. The number of nitrogens with one attached hydrogen (secondary N) is 1. The largest absolute Gasteiger partial charge is 0.478 e. The van der Waals surface area contributed by atoms with Gasteiger partial charge in [0, 0.05) is 23.5 Å². The van der Waals surface area contributed by atoms with Crippen LogP contribution in [-0.2, 0) is 11.3 Å². The number of carboxylic acid groups (broad SMARTS) is 1. The first kappa shape index (κ1) is 11.9. The van der Waals surface area contributed by atoms with E-state index in [4.69, 9.17) is 5.11 Å². The van der Waals surface area contributed by atoms with Gasteiger partial charge in [0.25, 0.3) is 0 Å². The number of rotatable bonds is 5. The lowest BCUT2D eigenvalue weighted by molar-refractivity contribution is -0.132. The second kappa shape index (κ2) is 5.68. The average molecular weight is 225 g/mol. The molecule has 0 atom stereocenters. The summed E-state index contributed by atoms with van der Waals surface area (Å²) in [7, 11) is 0. The van der Waals surface area contributed by atoms with Gasteiger partial charge in [0.15, 0.2) is 0 Å². The Morgan fingerprint density at radius 3 is 2.93 bits per heavy atom. The predicted octanol–water partition coefficient (Wildman–Crippen LogP) is 2.18. The number of thiophene rings is 1. The van der Waals surface area contributed by atoms with Crippen LogP contribution in [0.1, 0.15) is 17.4 Å². The van der Waals surface area contributed by atoms with E-state index in [1.165, 1.54) is 10.4 Å². The Balaban J connectivity index is 2.32. The highest BCUT2D eigenvalue weighted by Crippen LogP contribution is 2.14. The summed E-state index contributed by atoms with van der Waals surface area (Å²) in [6.45, 7) is 5.06. The van der Waals surface area contributed by atoms with Crippen LogP contribution >= 0.6 is 11.3 Å². The second-order valence-electron chi connectivity index (χ2n) is 3.35. The maximum Gasteiger partial charge on any atom is 0.330 e. The smallest absolute Gasteiger partial charge is 0.330 e. The van der Waals surface area contributed by atoms with Crippen LogP contribution in [-0.4, -0.2) is 17.6 Å². The molecule has 2 N–H and O–H groups in total. The summed E-state index contributed by atoms with van der Waals surface area (Å²) in [5, 5.41) is 13.9. The summed E-state index contributed by atoms with van der Waals surface area (Å²) >= 11 is 1.72. The fraction of sp³-hybridized carbons (Fsp3) is 0.364. The van der Waals surface area contributed by atoms with Crippen LogP contribution in [0, 0.1) is 6.92 Å². The van der Waals surface area contributed by atoms with Gasteiger partial charge in [-0.1, -0.05) is 6.08 Å². The first-order valence-electron chi connectivity index (χ1n) is 4.75. The highest BCUT2D eigenvalue weighted by Gasteiger charge is 1.99. The predicted molar refractivity (Wildman–Crippen MR) is 62.2 cm³/mol. The molecule has 0 bridgehead atoms. The Morgan fingerprint density at radius 2 is 2.40 bits per heavy atom. The minimum atomic E-state index is -0.857. The minimum Gasteiger partial charge on any atom is -0.478 e. The van der Waals surface area contributed by atoms with Crippen molar-refractivity contribution in [3.05, 3.63) is 33.5 Å². The molecule has 1 aromatic heterocycles. The molecule has 0 saturated heterocycles. The number of hydrogen-bond donors (Lipinski definition) is 2. The molecular formula is C11H15NO2S. The van der Waals surface area contributed by atoms with Crippen molar-refractivity contribution < 1.29 is 9.90 Å².